The molecule has 0 bridgehead atoms. The molecular formula is C11H16N2O3. The molecule has 1 heterocycles. The first-order valence-electron chi connectivity index (χ1n) is 4.95. The van der Waals surface area contributed by atoms with Crippen LogP contribution >= 0.6 is 0 Å². The molecule has 5 nitrogen and oxygen atoms in total. The molecule has 0 unspecified atom stereocenters. The zero-order valence-corrected chi connectivity index (χ0v) is 9.98. The summed E-state index contributed by atoms with van der Waals surface area (Å²) in [6, 6.07) is 0. The summed E-state index contributed by atoms with van der Waals surface area (Å²) in [5, 5.41) is 0. The summed E-state index contributed by atoms with van der Waals surface area (Å²) >= 11 is 0. The average Bonchev–Trinajstić information content (AvgIpc) is 2.25. The zero-order chi connectivity index (χ0) is 12.2. The van der Waals surface area contributed by atoms with Crippen LogP contribution in [0.2, 0.25) is 0 Å². The fraction of sp³-hybridized carbons (Fsp3) is 0.545. The summed E-state index contributed by atoms with van der Waals surface area (Å²) in [5.74, 6) is 0.177. The molecule has 1 aromatic heterocycles. The zero-order valence-electron chi connectivity index (χ0n) is 9.98. The molecule has 0 saturated heterocycles. The summed E-state index contributed by atoms with van der Waals surface area (Å²) in [5.41, 5.74) is 0.0956. The molecule has 88 valence electrons. The number of rotatable bonds is 3. The maximum atomic E-state index is 11.5. The van der Waals surface area contributed by atoms with Crippen LogP contribution in [0.3, 0.4) is 0 Å². The Morgan fingerprint density at radius 2 is 2.00 bits per heavy atom. The lowest BCUT2D eigenvalue weighted by Crippen LogP contribution is -2.22. The Kier molecular flexibility index (Phi) is 3.82. The van der Waals surface area contributed by atoms with E-state index in [2.05, 4.69) is 9.97 Å². The third-order valence-electron chi connectivity index (χ3n) is 1.85. The third kappa shape index (κ3) is 3.49. The Bertz CT molecular complexity index is 354. The van der Waals surface area contributed by atoms with Gasteiger partial charge >= 0.3 is 5.97 Å². The molecule has 0 atom stereocenters. The van der Waals surface area contributed by atoms with E-state index in [1.807, 2.05) is 0 Å². The molecule has 0 amide bonds. The monoisotopic (exact) mass is 224 g/mol. The number of nitrogens with zero attached hydrogens (tertiary/aromatic N) is 2. The van der Waals surface area contributed by atoms with Crippen molar-refractivity contribution in [2.24, 2.45) is 5.41 Å². The number of hydrogen-bond donors (Lipinski definition) is 0. The maximum Gasteiger partial charge on any atom is 0.311 e. The quantitative estimate of drug-likeness (QED) is 0.729. The molecule has 5 heteroatoms. The molecule has 0 aromatic carbocycles. The van der Waals surface area contributed by atoms with Crippen LogP contribution in [0.15, 0.2) is 12.4 Å². The predicted octanol–water partition coefficient (Wildman–Crippen LogP) is 1.57. The summed E-state index contributed by atoms with van der Waals surface area (Å²) in [7, 11) is 1.52. The van der Waals surface area contributed by atoms with Crippen LogP contribution in [-0.2, 0) is 16.1 Å². The highest BCUT2D eigenvalue weighted by Gasteiger charge is 2.23. The number of esters is 1. The number of ether oxygens (including phenoxy) is 2. The van der Waals surface area contributed by atoms with Crippen LogP contribution in [0.1, 0.15) is 26.5 Å². The third-order valence-corrected chi connectivity index (χ3v) is 1.85. The van der Waals surface area contributed by atoms with Gasteiger partial charge in [0, 0.05) is 0 Å². The van der Waals surface area contributed by atoms with Gasteiger partial charge in [-0.05, 0) is 20.8 Å². The van der Waals surface area contributed by atoms with E-state index in [9.17, 15) is 4.79 Å². The number of aromatic nitrogens is 2. The molecule has 0 spiro atoms. The SMILES string of the molecule is COc1cnc(COC(=O)C(C)(C)C)cn1. The van der Waals surface area contributed by atoms with Crippen molar-refractivity contribution < 1.29 is 14.3 Å². The molecule has 0 aliphatic carbocycles. The fourth-order valence-electron chi connectivity index (χ4n) is 0.879. The summed E-state index contributed by atoms with van der Waals surface area (Å²) in [6.45, 7) is 5.53. The molecule has 0 fully saturated rings. The van der Waals surface area contributed by atoms with Gasteiger partial charge in [-0.3, -0.25) is 9.78 Å². The molecular weight excluding hydrogens is 208 g/mol. The lowest BCUT2D eigenvalue weighted by atomic mass is 9.97. The van der Waals surface area contributed by atoms with E-state index < -0.39 is 5.41 Å². The van der Waals surface area contributed by atoms with E-state index in [0.29, 0.717) is 11.6 Å². The lowest BCUT2D eigenvalue weighted by Gasteiger charge is -2.16. The molecule has 0 aliphatic heterocycles. The average molecular weight is 224 g/mol. The number of carbonyl (C=O) groups is 1. The number of methoxy groups -OCH3 is 1. The van der Waals surface area contributed by atoms with Gasteiger partial charge in [0.1, 0.15) is 6.61 Å². The second-order valence-corrected chi connectivity index (χ2v) is 4.38. The van der Waals surface area contributed by atoms with Crippen LogP contribution in [0.4, 0.5) is 0 Å². The molecule has 0 aliphatic rings. The maximum absolute atomic E-state index is 11.5. The highest BCUT2D eigenvalue weighted by atomic mass is 16.5. The largest absolute Gasteiger partial charge is 0.480 e. The Balaban J connectivity index is 2.52. The summed E-state index contributed by atoms with van der Waals surface area (Å²) in [4.78, 5) is 19.5. The Morgan fingerprint density at radius 1 is 1.31 bits per heavy atom. The molecule has 1 rings (SSSR count). The highest BCUT2D eigenvalue weighted by Crippen LogP contribution is 2.16. The van der Waals surface area contributed by atoms with Crippen LogP contribution < -0.4 is 4.74 Å². The first-order valence-corrected chi connectivity index (χ1v) is 4.95. The highest BCUT2D eigenvalue weighted by molar-refractivity contribution is 5.75. The van der Waals surface area contributed by atoms with Gasteiger partial charge in [-0.2, -0.15) is 0 Å². The smallest absolute Gasteiger partial charge is 0.311 e. The topological polar surface area (TPSA) is 61.3 Å². The Labute approximate surface area is 94.8 Å². The minimum Gasteiger partial charge on any atom is -0.480 e. The van der Waals surface area contributed by atoms with Crippen LogP contribution in [0, 0.1) is 5.41 Å². The number of carbonyl (C=O) groups excluding carboxylic acids is 1. The van der Waals surface area contributed by atoms with Crippen molar-refractivity contribution in [2.75, 3.05) is 7.11 Å². The van der Waals surface area contributed by atoms with Crippen molar-refractivity contribution in [1.82, 2.24) is 9.97 Å². The van der Waals surface area contributed by atoms with Gasteiger partial charge in [0.05, 0.1) is 30.6 Å². The van der Waals surface area contributed by atoms with E-state index in [1.54, 1.807) is 20.8 Å². The van der Waals surface area contributed by atoms with Crippen LogP contribution in [0.25, 0.3) is 0 Å². The van der Waals surface area contributed by atoms with Crippen LogP contribution in [-0.4, -0.2) is 23.0 Å². The van der Waals surface area contributed by atoms with Crippen molar-refractivity contribution >= 4 is 5.97 Å². The second kappa shape index (κ2) is 4.92. The van der Waals surface area contributed by atoms with E-state index in [-0.39, 0.29) is 12.6 Å². The van der Waals surface area contributed by atoms with Gasteiger partial charge in [0.2, 0.25) is 5.88 Å². The van der Waals surface area contributed by atoms with Crippen molar-refractivity contribution in [3.63, 3.8) is 0 Å². The number of hydrogen-bond acceptors (Lipinski definition) is 5. The summed E-state index contributed by atoms with van der Waals surface area (Å²) in [6.07, 6.45) is 3.01. The van der Waals surface area contributed by atoms with E-state index in [0.717, 1.165) is 0 Å². The molecule has 0 N–H and O–H groups in total. The first-order chi connectivity index (χ1) is 7.43. The van der Waals surface area contributed by atoms with Crippen molar-refractivity contribution in [3.8, 4) is 5.88 Å². The van der Waals surface area contributed by atoms with Gasteiger partial charge in [-0.1, -0.05) is 0 Å². The van der Waals surface area contributed by atoms with Gasteiger partial charge in [-0.15, -0.1) is 0 Å². The molecule has 16 heavy (non-hydrogen) atoms. The van der Waals surface area contributed by atoms with E-state index >= 15 is 0 Å². The normalized spacial score (nSPS) is 11.0. The first kappa shape index (κ1) is 12.4. The minimum absolute atomic E-state index is 0.132. The Hall–Kier alpha value is -1.65. The van der Waals surface area contributed by atoms with Crippen molar-refractivity contribution in [3.05, 3.63) is 18.1 Å². The molecule has 0 saturated carbocycles. The fourth-order valence-corrected chi connectivity index (χ4v) is 0.879. The summed E-state index contributed by atoms with van der Waals surface area (Å²) < 4.78 is 9.95. The second-order valence-electron chi connectivity index (χ2n) is 4.38. The standard InChI is InChI=1S/C11H16N2O3/c1-11(2,3)10(14)16-7-8-5-13-9(15-4)6-12-8/h5-6H,7H2,1-4H3. The van der Waals surface area contributed by atoms with E-state index in [1.165, 1.54) is 19.5 Å². The van der Waals surface area contributed by atoms with Gasteiger partial charge in [0.25, 0.3) is 0 Å². The molecule has 1 aromatic rings. The predicted molar refractivity (Wildman–Crippen MR) is 57.8 cm³/mol. The Morgan fingerprint density at radius 3 is 2.44 bits per heavy atom. The minimum atomic E-state index is -0.500. The molecule has 0 radical (unpaired) electrons. The lowest BCUT2D eigenvalue weighted by molar-refractivity contribution is -0.154. The van der Waals surface area contributed by atoms with Crippen molar-refractivity contribution in [2.45, 2.75) is 27.4 Å². The van der Waals surface area contributed by atoms with Crippen LogP contribution in [0.5, 0.6) is 5.88 Å². The van der Waals surface area contributed by atoms with Gasteiger partial charge in [0.15, 0.2) is 0 Å². The van der Waals surface area contributed by atoms with Gasteiger partial charge in [-0.25, -0.2) is 4.98 Å². The van der Waals surface area contributed by atoms with Gasteiger partial charge < -0.3 is 9.47 Å². The van der Waals surface area contributed by atoms with Crippen molar-refractivity contribution in [1.29, 1.82) is 0 Å². The van der Waals surface area contributed by atoms with E-state index in [4.69, 9.17) is 9.47 Å².